The van der Waals surface area contributed by atoms with E-state index in [2.05, 4.69) is 59.5 Å². The fourth-order valence-corrected chi connectivity index (χ4v) is 2.94. The van der Waals surface area contributed by atoms with Gasteiger partial charge in [0, 0.05) is 19.6 Å². The van der Waals surface area contributed by atoms with Gasteiger partial charge in [0.05, 0.1) is 6.61 Å². The standard InChI is InChI=1S/C19H21NO/c21-15-18-11-12-20(13-16-7-3-1-4-8-16)14-19(18)17-9-5-2-6-10-17/h1-10,21H,11-15H2. The van der Waals surface area contributed by atoms with Gasteiger partial charge in [0.25, 0.3) is 0 Å². The van der Waals surface area contributed by atoms with Gasteiger partial charge < -0.3 is 5.11 Å². The molecule has 0 aliphatic carbocycles. The van der Waals surface area contributed by atoms with Crippen molar-refractivity contribution < 1.29 is 5.11 Å². The molecular weight excluding hydrogens is 258 g/mol. The highest BCUT2D eigenvalue weighted by molar-refractivity contribution is 5.71. The van der Waals surface area contributed by atoms with Crippen LogP contribution < -0.4 is 0 Å². The molecule has 3 rings (SSSR count). The summed E-state index contributed by atoms with van der Waals surface area (Å²) >= 11 is 0. The minimum Gasteiger partial charge on any atom is -0.392 e. The molecule has 0 amide bonds. The van der Waals surface area contributed by atoms with E-state index in [1.165, 1.54) is 22.3 Å². The van der Waals surface area contributed by atoms with Crippen molar-refractivity contribution in [1.29, 1.82) is 0 Å². The predicted molar refractivity (Wildman–Crippen MR) is 86.8 cm³/mol. The van der Waals surface area contributed by atoms with Crippen LogP contribution in [0.3, 0.4) is 0 Å². The molecule has 0 atom stereocenters. The van der Waals surface area contributed by atoms with Crippen LogP contribution in [0.2, 0.25) is 0 Å². The zero-order valence-corrected chi connectivity index (χ0v) is 12.2. The highest BCUT2D eigenvalue weighted by atomic mass is 16.3. The zero-order chi connectivity index (χ0) is 14.5. The molecule has 2 aromatic rings. The lowest BCUT2D eigenvalue weighted by molar-refractivity contribution is 0.270. The number of rotatable bonds is 4. The summed E-state index contributed by atoms with van der Waals surface area (Å²) in [5.41, 5.74) is 5.06. The second-order valence-corrected chi connectivity index (χ2v) is 5.55. The Hall–Kier alpha value is -1.90. The van der Waals surface area contributed by atoms with Crippen molar-refractivity contribution in [3.05, 3.63) is 77.4 Å². The molecule has 0 fully saturated rings. The maximum Gasteiger partial charge on any atom is 0.0648 e. The van der Waals surface area contributed by atoms with E-state index in [1.54, 1.807) is 0 Å². The van der Waals surface area contributed by atoms with Gasteiger partial charge >= 0.3 is 0 Å². The molecule has 0 radical (unpaired) electrons. The quantitative estimate of drug-likeness (QED) is 0.928. The second-order valence-electron chi connectivity index (χ2n) is 5.55. The van der Waals surface area contributed by atoms with Crippen LogP contribution in [0.4, 0.5) is 0 Å². The highest BCUT2D eigenvalue weighted by Crippen LogP contribution is 2.27. The molecule has 1 aliphatic heterocycles. The molecule has 2 aromatic carbocycles. The molecule has 1 N–H and O–H groups in total. The summed E-state index contributed by atoms with van der Waals surface area (Å²) in [5, 5.41) is 9.62. The molecule has 108 valence electrons. The van der Waals surface area contributed by atoms with Crippen molar-refractivity contribution in [2.75, 3.05) is 19.7 Å². The third-order valence-corrected chi connectivity index (χ3v) is 4.10. The van der Waals surface area contributed by atoms with Crippen molar-refractivity contribution in [3.63, 3.8) is 0 Å². The molecular formula is C19H21NO. The molecule has 0 bridgehead atoms. The summed E-state index contributed by atoms with van der Waals surface area (Å²) in [6.45, 7) is 3.06. The number of hydrogen-bond donors (Lipinski definition) is 1. The van der Waals surface area contributed by atoms with Crippen LogP contribution in [-0.2, 0) is 6.54 Å². The van der Waals surface area contributed by atoms with E-state index in [1.807, 2.05) is 6.07 Å². The Bertz CT molecular complexity index is 604. The molecule has 0 saturated carbocycles. The Balaban J connectivity index is 1.79. The summed E-state index contributed by atoms with van der Waals surface area (Å²) < 4.78 is 0. The lowest BCUT2D eigenvalue weighted by atomic mass is 9.94. The van der Waals surface area contributed by atoms with Crippen LogP contribution in [-0.4, -0.2) is 29.7 Å². The Morgan fingerprint density at radius 1 is 0.905 bits per heavy atom. The fraction of sp³-hybridized carbons (Fsp3) is 0.263. The third kappa shape index (κ3) is 3.41. The number of nitrogens with zero attached hydrogens (tertiary/aromatic N) is 1. The minimum atomic E-state index is 0.170. The molecule has 21 heavy (non-hydrogen) atoms. The van der Waals surface area contributed by atoms with E-state index in [0.29, 0.717) is 0 Å². The third-order valence-electron chi connectivity index (χ3n) is 4.10. The Morgan fingerprint density at radius 2 is 1.57 bits per heavy atom. The van der Waals surface area contributed by atoms with Crippen LogP contribution >= 0.6 is 0 Å². The van der Waals surface area contributed by atoms with Gasteiger partial charge in [0.15, 0.2) is 0 Å². The van der Waals surface area contributed by atoms with E-state index in [9.17, 15) is 5.11 Å². The lowest BCUT2D eigenvalue weighted by Gasteiger charge is -2.30. The maximum atomic E-state index is 9.62. The molecule has 1 aliphatic rings. The fourth-order valence-electron chi connectivity index (χ4n) is 2.94. The number of aliphatic hydroxyl groups excluding tert-OH is 1. The van der Waals surface area contributed by atoms with Crippen molar-refractivity contribution in [2.45, 2.75) is 13.0 Å². The average Bonchev–Trinajstić information content (AvgIpc) is 2.56. The minimum absolute atomic E-state index is 0.170. The van der Waals surface area contributed by atoms with Crippen molar-refractivity contribution in [1.82, 2.24) is 4.90 Å². The van der Waals surface area contributed by atoms with Crippen LogP contribution in [0, 0.1) is 0 Å². The maximum absolute atomic E-state index is 9.62. The number of benzene rings is 2. The Kier molecular flexibility index (Phi) is 4.49. The Labute approximate surface area is 126 Å². The topological polar surface area (TPSA) is 23.5 Å². The van der Waals surface area contributed by atoms with Gasteiger partial charge in [0.1, 0.15) is 0 Å². The van der Waals surface area contributed by atoms with Gasteiger partial charge in [-0.15, -0.1) is 0 Å². The van der Waals surface area contributed by atoms with Gasteiger partial charge in [-0.05, 0) is 28.7 Å². The monoisotopic (exact) mass is 279 g/mol. The molecule has 2 nitrogen and oxygen atoms in total. The molecule has 0 unspecified atom stereocenters. The zero-order valence-electron chi connectivity index (χ0n) is 12.2. The van der Waals surface area contributed by atoms with E-state index in [-0.39, 0.29) is 6.61 Å². The second kappa shape index (κ2) is 6.70. The van der Waals surface area contributed by atoms with E-state index < -0.39 is 0 Å². The summed E-state index contributed by atoms with van der Waals surface area (Å²) in [4.78, 5) is 2.46. The smallest absolute Gasteiger partial charge is 0.0648 e. The van der Waals surface area contributed by atoms with Crippen LogP contribution in [0.15, 0.2) is 66.2 Å². The normalized spacial score (nSPS) is 16.2. The van der Waals surface area contributed by atoms with Gasteiger partial charge in [-0.2, -0.15) is 0 Å². The van der Waals surface area contributed by atoms with Gasteiger partial charge in [0.2, 0.25) is 0 Å². The van der Waals surface area contributed by atoms with E-state index >= 15 is 0 Å². The summed E-state index contributed by atoms with van der Waals surface area (Å²) in [6.07, 6.45) is 0.952. The molecule has 0 aromatic heterocycles. The first-order valence-corrected chi connectivity index (χ1v) is 7.50. The van der Waals surface area contributed by atoms with Crippen molar-refractivity contribution in [2.24, 2.45) is 0 Å². The first kappa shape index (κ1) is 14.1. The summed E-state index contributed by atoms with van der Waals surface area (Å²) in [5.74, 6) is 0. The predicted octanol–water partition coefficient (Wildman–Crippen LogP) is 3.34. The van der Waals surface area contributed by atoms with Crippen molar-refractivity contribution >= 4 is 5.57 Å². The highest BCUT2D eigenvalue weighted by Gasteiger charge is 2.19. The molecule has 0 spiro atoms. The van der Waals surface area contributed by atoms with Gasteiger partial charge in [-0.1, -0.05) is 60.7 Å². The van der Waals surface area contributed by atoms with Gasteiger partial charge in [-0.25, -0.2) is 0 Å². The van der Waals surface area contributed by atoms with Crippen molar-refractivity contribution in [3.8, 4) is 0 Å². The van der Waals surface area contributed by atoms with Gasteiger partial charge in [-0.3, -0.25) is 4.90 Å². The van der Waals surface area contributed by atoms with Crippen LogP contribution in [0.5, 0.6) is 0 Å². The summed E-state index contributed by atoms with van der Waals surface area (Å²) in [6, 6.07) is 21.0. The lowest BCUT2D eigenvalue weighted by Crippen LogP contribution is -2.31. The van der Waals surface area contributed by atoms with Crippen LogP contribution in [0.25, 0.3) is 5.57 Å². The molecule has 0 saturated heterocycles. The average molecular weight is 279 g/mol. The van der Waals surface area contributed by atoms with Crippen LogP contribution in [0.1, 0.15) is 17.5 Å². The molecule has 1 heterocycles. The number of hydrogen-bond acceptors (Lipinski definition) is 2. The van der Waals surface area contributed by atoms with E-state index in [0.717, 1.165) is 26.1 Å². The number of aliphatic hydroxyl groups is 1. The Morgan fingerprint density at radius 3 is 2.24 bits per heavy atom. The summed E-state index contributed by atoms with van der Waals surface area (Å²) in [7, 11) is 0. The first-order valence-electron chi connectivity index (χ1n) is 7.50. The molecule has 2 heteroatoms. The first-order chi connectivity index (χ1) is 10.4. The SMILES string of the molecule is OCC1=C(c2ccccc2)CN(Cc2ccccc2)CC1. The largest absolute Gasteiger partial charge is 0.392 e. The van der Waals surface area contributed by atoms with E-state index in [4.69, 9.17) is 0 Å².